The summed E-state index contributed by atoms with van der Waals surface area (Å²) in [6, 6.07) is 15.8. The molecule has 2 heterocycles. The van der Waals surface area contributed by atoms with Gasteiger partial charge in [-0.25, -0.2) is 9.59 Å². The van der Waals surface area contributed by atoms with Crippen molar-refractivity contribution in [3.05, 3.63) is 81.7 Å². The second-order valence-electron chi connectivity index (χ2n) is 7.26. The van der Waals surface area contributed by atoms with Crippen LogP contribution >= 0.6 is 0 Å². The van der Waals surface area contributed by atoms with E-state index in [4.69, 9.17) is 20.9 Å². The smallest absolute Gasteiger partial charge is 0.344 e. The normalized spacial score (nSPS) is 14.4. The number of aryl methyl sites for hydroxylation is 1. The van der Waals surface area contributed by atoms with Crippen molar-refractivity contribution >= 4 is 34.5 Å². The molecule has 30 heavy (non-hydrogen) atoms. The van der Waals surface area contributed by atoms with Crippen molar-refractivity contribution in [2.75, 3.05) is 11.5 Å². The van der Waals surface area contributed by atoms with Gasteiger partial charge in [0.2, 0.25) is 0 Å². The third kappa shape index (κ3) is 2.65. The van der Waals surface area contributed by atoms with Gasteiger partial charge in [0.05, 0.1) is 11.1 Å². The molecule has 0 unspecified atom stereocenters. The fourth-order valence-electron chi connectivity index (χ4n) is 3.91. The Hall–Kier alpha value is -4.06. The van der Waals surface area contributed by atoms with Crippen LogP contribution in [0.5, 0.6) is 11.5 Å². The van der Waals surface area contributed by atoms with Gasteiger partial charge in [-0.15, -0.1) is 0 Å². The molecule has 6 heteroatoms. The first-order valence-electron chi connectivity index (χ1n) is 9.58. The SMILES string of the molecule is CCc1cc(C2=c3cc4c(cc3OC2=O)=C(c2ccc(N)cc2)C(=O)O4)ccc1N. The minimum absolute atomic E-state index is 0.396. The number of hydrogen-bond acceptors (Lipinski definition) is 6. The Bertz CT molecular complexity index is 1370. The van der Waals surface area contributed by atoms with Crippen LogP contribution in [0.4, 0.5) is 11.4 Å². The number of rotatable bonds is 3. The first kappa shape index (κ1) is 18.0. The Morgan fingerprint density at radius 3 is 1.83 bits per heavy atom. The predicted octanol–water partition coefficient (Wildman–Crippen LogP) is 1.65. The second-order valence-corrected chi connectivity index (χ2v) is 7.26. The van der Waals surface area contributed by atoms with E-state index in [-0.39, 0.29) is 0 Å². The molecule has 3 aromatic rings. The highest BCUT2D eigenvalue weighted by Gasteiger charge is 2.30. The van der Waals surface area contributed by atoms with Gasteiger partial charge in [-0.1, -0.05) is 25.1 Å². The van der Waals surface area contributed by atoms with Gasteiger partial charge < -0.3 is 20.9 Å². The fraction of sp³-hybridized carbons (Fsp3) is 0.0833. The number of benzene rings is 3. The number of ether oxygens (including phenoxy) is 2. The Morgan fingerprint density at radius 2 is 1.27 bits per heavy atom. The first-order chi connectivity index (χ1) is 14.5. The number of fused-ring (bicyclic) bond motifs is 2. The molecule has 3 aromatic carbocycles. The van der Waals surface area contributed by atoms with Gasteiger partial charge in [0.25, 0.3) is 0 Å². The minimum Gasteiger partial charge on any atom is -0.422 e. The molecular formula is C24H18N2O4. The van der Waals surface area contributed by atoms with Crippen LogP contribution in [0.3, 0.4) is 0 Å². The van der Waals surface area contributed by atoms with Gasteiger partial charge in [-0.3, -0.25) is 0 Å². The zero-order valence-corrected chi connectivity index (χ0v) is 16.2. The minimum atomic E-state index is -0.452. The second kappa shape index (κ2) is 6.49. The van der Waals surface area contributed by atoms with E-state index in [0.29, 0.717) is 50.0 Å². The topological polar surface area (TPSA) is 105 Å². The van der Waals surface area contributed by atoms with Crippen LogP contribution in [0.2, 0.25) is 0 Å². The molecule has 0 spiro atoms. The molecule has 4 N–H and O–H groups in total. The highest BCUT2D eigenvalue weighted by molar-refractivity contribution is 6.21. The van der Waals surface area contributed by atoms with Crippen LogP contribution in [0.1, 0.15) is 23.6 Å². The molecule has 5 rings (SSSR count). The highest BCUT2D eigenvalue weighted by atomic mass is 16.5. The van der Waals surface area contributed by atoms with Gasteiger partial charge in [0.1, 0.15) is 11.5 Å². The highest BCUT2D eigenvalue weighted by Crippen LogP contribution is 2.28. The number of carbonyl (C=O) groups excluding carboxylic acids is 2. The summed E-state index contributed by atoms with van der Waals surface area (Å²) >= 11 is 0. The molecule has 2 aliphatic rings. The quantitative estimate of drug-likeness (QED) is 0.395. The molecule has 6 nitrogen and oxygen atoms in total. The molecular weight excluding hydrogens is 380 g/mol. The number of carbonyl (C=O) groups is 2. The Balaban J connectivity index is 1.75. The van der Waals surface area contributed by atoms with Crippen LogP contribution in [0, 0.1) is 0 Å². The van der Waals surface area contributed by atoms with Crippen LogP contribution in [0.15, 0.2) is 54.6 Å². The van der Waals surface area contributed by atoms with Crippen molar-refractivity contribution in [3.8, 4) is 11.5 Å². The number of esters is 2. The summed E-state index contributed by atoms with van der Waals surface area (Å²) in [6.07, 6.45) is 0.747. The maximum Gasteiger partial charge on any atom is 0.344 e. The van der Waals surface area contributed by atoms with Gasteiger partial charge >= 0.3 is 11.9 Å². The van der Waals surface area contributed by atoms with Crippen molar-refractivity contribution in [3.63, 3.8) is 0 Å². The molecule has 0 amide bonds. The summed E-state index contributed by atoms with van der Waals surface area (Å²) in [6.45, 7) is 2.00. The molecule has 0 radical (unpaired) electrons. The van der Waals surface area contributed by atoms with E-state index < -0.39 is 11.9 Å². The largest absolute Gasteiger partial charge is 0.422 e. The standard InChI is InChI=1S/C24H18N2O4/c1-2-12-9-14(5-8-18(12)26)22-17-11-19-16(10-20(17)30-24(22)28)21(23(27)29-19)13-3-6-15(25)7-4-13/h3-11H,2,25-26H2,1H3. The molecule has 0 atom stereocenters. The fourth-order valence-corrected chi connectivity index (χ4v) is 3.91. The van der Waals surface area contributed by atoms with E-state index in [1.807, 2.05) is 13.0 Å². The van der Waals surface area contributed by atoms with Crippen molar-refractivity contribution in [2.24, 2.45) is 0 Å². The van der Waals surface area contributed by atoms with E-state index in [1.54, 1.807) is 48.5 Å². The zero-order valence-electron chi connectivity index (χ0n) is 16.2. The van der Waals surface area contributed by atoms with E-state index in [0.717, 1.165) is 17.5 Å². The first-order valence-corrected chi connectivity index (χ1v) is 9.58. The Morgan fingerprint density at radius 1 is 0.733 bits per heavy atom. The lowest BCUT2D eigenvalue weighted by atomic mass is 9.98. The number of hydrogen-bond donors (Lipinski definition) is 2. The van der Waals surface area contributed by atoms with Gasteiger partial charge in [-0.05, 0) is 59.5 Å². The Kier molecular flexibility index (Phi) is 3.89. The summed E-state index contributed by atoms with van der Waals surface area (Å²) in [5.74, 6) is -0.102. The van der Waals surface area contributed by atoms with Crippen molar-refractivity contribution in [2.45, 2.75) is 13.3 Å². The maximum atomic E-state index is 12.7. The number of nitrogen functional groups attached to an aromatic ring is 2. The predicted molar refractivity (Wildman–Crippen MR) is 113 cm³/mol. The van der Waals surface area contributed by atoms with E-state index in [9.17, 15) is 9.59 Å². The van der Waals surface area contributed by atoms with E-state index in [2.05, 4.69) is 0 Å². The molecule has 0 fully saturated rings. The lowest BCUT2D eigenvalue weighted by Crippen LogP contribution is -2.11. The maximum absolute atomic E-state index is 12.7. The lowest BCUT2D eigenvalue weighted by Gasteiger charge is -2.06. The summed E-state index contributed by atoms with van der Waals surface area (Å²) in [5, 5.41) is 1.18. The summed E-state index contributed by atoms with van der Waals surface area (Å²) in [7, 11) is 0. The van der Waals surface area contributed by atoms with Crippen LogP contribution < -0.4 is 31.4 Å². The third-order valence-electron chi connectivity index (χ3n) is 5.45. The van der Waals surface area contributed by atoms with Crippen LogP contribution in [-0.2, 0) is 16.0 Å². The van der Waals surface area contributed by atoms with Crippen LogP contribution in [-0.4, -0.2) is 11.9 Å². The van der Waals surface area contributed by atoms with Gasteiger partial charge in [0.15, 0.2) is 0 Å². The summed E-state index contributed by atoms with van der Waals surface area (Å²) in [5.41, 5.74) is 16.2. The third-order valence-corrected chi connectivity index (χ3v) is 5.45. The monoisotopic (exact) mass is 398 g/mol. The van der Waals surface area contributed by atoms with Gasteiger partial charge in [0, 0.05) is 21.8 Å². The van der Waals surface area contributed by atoms with Gasteiger partial charge in [-0.2, -0.15) is 0 Å². The average molecular weight is 398 g/mol. The molecule has 0 aliphatic carbocycles. The van der Waals surface area contributed by atoms with Crippen molar-refractivity contribution < 1.29 is 19.1 Å². The molecule has 148 valence electrons. The lowest BCUT2D eigenvalue weighted by molar-refractivity contribution is -0.128. The van der Waals surface area contributed by atoms with Crippen LogP contribution in [0.25, 0.3) is 11.1 Å². The zero-order chi connectivity index (χ0) is 21.0. The molecule has 2 aliphatic heterocycles. The molecule has 0 saturated heterocycles. The summed E-state index contributed by atoms with van der Waals surface area (Å²) in [4.78, 5) is 25.2. The van der Waals surface area contributed by atoms with Crippen molar-refractivity contribution in [1.82, 2.24) is 0 Å². The summed E-state index contributed by atoms with van der Waals surface area (Å²) < 4.78 is 11.0. The molecule has 0 aromatic heterocycles. The van der Waals surface area contributed by atoms with E-state index in [1.165, 1.54) is 0 Å². The average Bonchev–Trinajstić information content (AvgIpc) is 3.21. The van der Waals surface area contributed by atoms with Crippen molar-refractivity contribution in [1.29, 1.82) is 0 Å². The number of nitrogens with two attached hydrogens (primary N) is 2. The molecule has 0 bridgehead atoms. The molecule has 0 saturated carbocycles. The Labute approximate surface area is 172 Å². The number of anilines is 2. The van der Waals surface area contributed by atoms with E-state index >= 15 is 0 Å².